The van der Waals surface area contributed by atoms with Gasteiger partial charge in [-0.2, -0.15) is 4.31 Å². The van der Waals surface area contributed by atoms with E-state index >= 15 is 0 Å². The van der Waals surface area contributed by atoms with Crippen molar-refractivity contribution in [1.82, 2.24) is 14.5 Å². The summed E-state index contributed by atoms with van der Waals surface area (Å²) in [7, 11) is -0.183. The number of hydrogen-bond acceptors (Lipinski definition) is 8. The third kappa shape index (κ3) is 4.62. The lowest BCUT2D eigenvalue weighted by atomic mass is 10.1. The van der Waals surface area contributed by atoms with Crippen LogP contribution in [0.1, 0.15) is 18.4 Å². The molecule has 0 amide bonds. The second kappa shape index (κ2) is 8.29. The highest BCUT2D eigenvalue weighted by Gasteiger charge is 2.33. The second-order valence-corrected chi connectivity index (χ2v) is 8.98. The number of nitro benzene ring substituents is 1. The standard InChI is InChI=1S/C18H23N5O5S/c1-13-6-7-14(23(24)25)11-16(13)29(26,27)22-10-4-5-15(12-22)28-18-9-8-17(19-20-18)21(2)3/h6-9,11,15H,4-5,10,12H2,1-3H3. The number of rotatable bonds is 6. The molecular weight excluding hydrogens is 398 g/mol. The molecule has 1 atom stereocenters. The molecule has 1 aromatic carbocycles. The Labute approximate surface area is 169 Å². The van der Waals surface area contributed by atoms with E-state index < -0.39 is 14.9 Å². The molecule has 3 rings (SSSR count). The maximum absolute atomic E-state index is 13.1. The van der Waals surface area contributed by atoms with Crippen molar-refractivity contribution >= 4 is 21.5 Å². The van der Waals surface area contributed by atoms with Gasteiger partial charge in [-0.25, -0.2) is 8.42 Å². The molecule has 29 heavy (non-hydrogen) atoms. The average Bonchev–Trinajstić information content (AvgIpc) is 2.68. The molecule has 1 aliphatic rings. The average molecular weight is 421 g/mol. The van der Waals surface area contributed by atoms with Gasteiger partial charge in [0.15, 0.2) is 5.82 Å². The van der Waals surface area contributed by atoms with Crippen LogP contribution in [0.5, 0.6) is 5.88 Å². The third-order valence-electron chi connectivity index (χ3n) is 4.71. The normalized spacial score (nSPS) is 17.7. The number of benzene rings is 1. The van der Waals surface area contributed by atoms with Crippen LogP contribution in [0, 0.1) is 17.0 Å². The van der Waals surface area contributed by atoms with Crippen LogP contribution in [0.2, 0.25) is 0 Å². The zero-order chi connectivity index (χ0) is 21.2. The van der Waals surface area contributed by atoms with E-state index in [2.05, 4.69) is 10.2 Å². The van der Waals surface area contributed by atoms with Gasteiger partial charge >= 0.3 is 0 Å². The molecule has 0 radical (unpaired) electrons. The number of nitro groups is 1. The molecule has 1 fully saturated rings. The van der Waals surface area contributed by atoms with Crippen molar-refractivity contribution in [3.63, 3.8) is 0 Å². The molecule has 2 aromatic rings. The molecule has 0 spiro atoms. The van der Waals surface area contributed by atoms with Crippen LogP contribution in [0.3, 0.4) is 0 Å². The van der Waals surface area contributed by atoms with Crippen molar-refractivity contribution < 1.29 is 18.1 Å². The van der Waals surface area contributed by atoms with Crippen molar-refractivity contribution in [3.05, 3.63) is 46.0 Å². The number of sulfonamides is 1. The minimum Gasteiger partial charge on any atom is -0.472 e. The molecule has 1 saturated heterocycles. The second-order valence-electron chi connectivity index (χ2n) is 7.08. The first kappa shape index (κ1) is 20.9. The Balaban J connectivity index is 1.77. The fraction of sp³-hybridized carbons (Fsp3) is 0.444. The quantitative estimate of drug-likeness (QED) is 0.513. The maximum Gasteiger partial charge on any atom is 0.270 e. The van der Waals surface area contributed by atoms with Gasteiger partial charge in [0.25, 0.3) is 5.69 Å². The third-order valence-corrected chi connectivity index (χ3v) is 6.72. The van der Waals surface area contributed by atoms with Crippen LogP contribution < -0.4 is 9.64 Å². The Bertz CT molecular complexity index is 994. The van der Waals surface area contributed by atoms with Crippen molar-refractivity contribution in [2.24, 2.45) is 0 Å². The lowest BCUT2D eigenvalue weighted by Crippen LogP contribution is -2.44. The highest BCUT2D eigenvalue weighted by molar-refractivity contribution is 7.89. The monoisotopic (exact) mass is 421 g/mol. The maximum atomic E-state index is 13.1. The lowest BCUT2D eigenvalue weighted by molar-refractivity contribution is -0.385. The van der Waals surface area contributed by atoms with Crippen LogP contribution in [0.4, 0.5) is 11.5 Å². The lowest BCUT2D eigenvalue weighted by Gasteiger charge is -2.32. The fourth-order valence-electron chi connectivity index (χ4n) is 3.12. The molecule has 10 nitrogen and oxygen atoms in total. The van der Waals surface area contributed by atoms with Gasteiger partial charge in [-0.15, -0.1) is 10.2 Å². The predicted molar refractivity (Wildman–Crippen MR) is 107 cm³/mol. The van der Waals surface area contributed by atoms with Gasteiger partial charge in [0.05, 0.1) is 16.4 Å². The number of ether oxygens (including phenoxy) is 1. The van der Waals surface area contributed by atoms with E-state index in [-0.39, 0.29) is 23.2 Å². The van der Waals surface area contributed by atoms with Crippen molar-refractivity contribution in [2.75, 3.05) is 32.1 Å². The van der Waals surface area contributed by atoms with E-state index in [1.807, 2.05) is 19.0 Å². The van der Waals surface area contributed by atoms with Crippen LogP contribution >= 0.6 is 0 Å². The first-order valence-electron chi connectivity index (χ1n) is 9.11. The number of aryl methyl sites for hydroxylation is 1. The summed E-state index contributed by atoms with van der Waals surface area (Å²) in [6.07, 6.45) is 0.912. The van der Waals surface area contributed by atoms with Crippen LogP contribution in [0.15, 0.2) is 35.2 Å². The molecule has 1 unspecified atom stereocenters. The predicted octanol–water partition coefficient (Wildman–Crippen LogP) is 1.99. The van der Waals surface area contributed by atoms with Crippen molar-refractivity contribution in [3.8, 4) is 5.88 Å². The molecule has 0 saturated carbocycles. The largest absolute Gasteiger partial charge is 0.472 e. The van der Waals surface area contributed by atoms with E-state index in [1.165, 1.54) is 16.4 Å². The van der Waals surface area contributed by atoms with Crippen molar-refractivity contribution in [1.29, 1.82) is 0 Å². The van der Waals surface area contributed by atoms with E-state index in [0.29, 0.717) is 36.6 Å². The summed E-state index contributed by atoms with van der Waals surface area (Å²) in [6.45, 7) is 2.09. The topological polar surface area (TPSA) is 119 Å². The number of hydrogen-bond donors (Lipinski definition) is 0. The number of anilines is 1. The number of piperidine rings is 1. The summed E-state index contributed by atoms with van der Waals surface area (Å²) in [5.41, 5.74) is 0.207. The van der Waals surface area contributed by atoms with Crippen LogP contribution in [-0.4, -0.2) is 61.1 Å². The fourth-order valence-corrected chi connectivity index (χ4v) is 4.88. The Morgan fingerprint density at radius 3 is 2.62 bits per heavy atom. The molecule has 1 aromatic heterocycles. The minimum atomic E-state index is -3.89. The van der Waals surface area contributed by atoms with E-state index in [9.17, 15) is 18.5 Å². The molecule has 1 aliphatic heterocycles. The zero-order valence-corrected chi connectivity index (χ0v) is 17.3. The van der Waals surface area contributed by atoms with E-state index in [4.69, 9.17) is 4.74 Å². The summed E-state index contributed by atoms with van der Waals surface area (Å²) in [6, 6.07) is 7.32. The molecule has 11 heteroatoms. The van der Waals surface area contributed by atoms with Gasteiger partial charge in [0.2, 0.25) is 15.9 Å². The highest BCUT2D eigenvalue weighted by Crippen LogP contribution is 2.28. The van der Waals surface area contributed by atoms with Gasteiger partial charge in [0, 0.05) is 38.8 Å². The van der Waals surface area contributed by atoms with Gasteiger partial charge in [-0.1, -0.05) is 6.07 Å². The van der Waals surface area contributed by atoms with Gasteiger partial charge in [-0.3, -0.25) is 10.1 Å². The Morgan fingerprint density at radius 2 is 2.00 bits per heavy atom. The number of non-ortho nitro benzene ring substituents is 1. The number of aromatic nitrogens is 2. The summed E-state index contributed by atoms with van der Waals surface area (Å²) >= 11 is 0. The molecule has 2 heterocycles. The molecule has 0 bridgehead atoms. The first-order chi connectivity index (χ1) is 13.7. The van der Waals surface area contributed by atoms with Crippen LogP contribution in [0.25, 0.3) is 0 Å². The summed E-state index contributed by atoms with van der Waals surface area (Å²) in [5.74, 6) is 1.01. The first-order valence-corrected chi connectivity index (χ1v) is 10.6. The van der Waals surface area contributed by atoms with Crippen LogP contribution in [-0.2, 0) is 10.0 Å². The van der Waals surface area contributed by atoms with Gasteiger partial charge < -0.3 is 9.64 Å². The molecule has 0 aliphatic carbocycles. The van der Waals surface area contributed by atoms with E-state index in [0.717, 1.165) is 6.07 Å². The van der Waals surface area contributed by atoms with Gasteiger partial charge in [-0.05, 0) is 31.4 Å². The highest BCUT2D eigenvalue weighted by atomic mass is 32.2. The van der Waals surface area contributed by atoms with Crippen molar-refractivity contribution in [2.45, 2.75) is 30.8 Å². The summed E-state index contributed by atoms with van der Waals surface area (Å²) in [5, 5.41) is 19.1. The minimum absolute atomic E-state index is 0.0533. The van der Waals surface area contributed by atoms with E-state index in [1.54, 1.807) is 19.1 Å². The Kier molecular flexibility index (Phi) is 5.99. The molecule has 0 N–H and O–H groups in total. The Hall–Kier alpha value is -2.79. The molecule has 156 valence electrons. The smallest absolute Gasteiger partial charge is 0.270 e. The Morgan fingerprint density at radius 1 is 1.24 bits per heavy atom. The zero-order valence-electron chi connectivity index (χ0n) is 16.5. The molecular formula is C18H23N5O5S. The summed E-state index contributed by atoms with van der Waals surface area (Å²) < 4.78 is 33.4. The SMILES string of the molecule is Cc1ccc([N+](=O)[O-])cc1S(=O)(=O)N1CCCC(Oc2ccc(N(C)C)nn2)C1. The van der Waals surface area contributed by atoms with Gasteiger partial charge in [0.1, 0.15) is 6.10 Å². The number of nitrogens with zero attached hydrogens (tertiary/aromatic N) is 5. The summed E-state index contributed by atoms with van der Waals surface area (Å²) in [4.78, 5) is 12.2.